The third-order valence-electron chi connectivity index (χ3n) is 15.8. The molecule has 352 valence electrons. The largest absolute Gasteiger partial charge is 0.497 e. The Morgan fingerprint density at radius 1 is 0.897 bits per heavy atom. The lowest BCUT2D eigenvalue weighted by molar-refractivity contribution is -0.385. The van der Waals surface area contributed by atoms with E-state index < -0.39 is 42.2 Å². The summed E-state index contributed by atoms with van der Waals surface area (Å²) in [5.74, 6) is -0.272. The molecule has 5 aliphatic heterocycles. The van der Waals surface area contributed by atoms with Crippen LogP contribution in [0.5, 0.6) is 5.75 Å². The number of hydrogen-bond acceptors (Lipinski definition) is 10. The number of nitrogens with zero attached hydrogens (tertiary/aromatic N) is 5. The van der Waals surface area contributed by atoms with E-state index in [2.05, 4.69) is 47.6 Å². The number of hydrogen-bond donors (Lipinski definition) is 2. The Bertz CT molecular complexity index is 2750. The zero-order chi connectivity index (χ0) is 47.5. The van der Waals surface area contributed by atoms with E-state index in [9.17, 15) is 24.8 Å². The number of amides is 3. The number of aliphatic hydroxyl groups excluding tert-OH is 1. The fourth-order valence-electron chi connectivity index (χ4n) is 12.2. The second kappa shape index (κ2) is 17.6. The summed E-state index contributed by atoms with van der Waals surface area (Å²) in [4.78, 5) is 64.3. The maximum Gasteiger partial charge on any atom is 0.269 e. The predicted molar refractivity (Wildman–Crippen MR) is 263 cm³/mol. The molecule has 68 heavy (non-hydrogen) atoms. The number of aliphatic hydroxyl groups is 1. The van der Waals surface area contributed by atoms with E-state index >= 15 is 4.79 Å². The highest BCUT2D eigenvalue weighted by Gasteiger charge is 2.67. The number of para-hydroxylation sites is 1. The summed E-state index contributed by atoms with van der Waals surface area (Å²) in [5.41, 5.74) is 2.83. The number of nitro groups is 1. The number of non-ortho nitro benzene ring substituents is 1. The molecule has 0 saturated carbocycles. The highest BCUT2D eigenvalue weighted by Crippen LogP contribution is 2.60. The van der Waals surface area contributed by atoms with Gasteiger partial charge in [0.25, 0.3) is 17.5 Å². The normalized spacial score (nSPS) is 24.2. The summed E-state index contributed by atoms with van der Waals surface area (Å²) in [6.07, 6.45) is 1.11. The lowest BCUT2D eigenvalue weighted by Gasteiger charge is -2.39. The van der Waals surface area contributed by atoms with Gasteiger partial charge in [-0.1, -0.05) is 91.9 Å². The molecule has 0 aromatic heterocycles. The predicted octanol–water partition coefficient (Wildman–Crippen LogP) is 6.64. The maximum atomic E-state index is 15.6. The number of methoxy groups -OCH3 is 1. The van der Waals surface area contributed by atoms with Crippen molar-refractivity contribution in [3.05, 3.63) is 154 Å². The second-order valence-electron chi connectivity index (χ2n) is 19.6. The van der Waals surface area contributed by atoms with Crippen LogP contribution in [-0.4, -0.2) is 91.9 Å². The number of rotatable bonds is 11. The van der Waals surface area contributed by atoms with Crippen molar-refractivity contribution < 1.29 is 33.9 Å². The van der Waals surface area contributed by atoms with Gasteiger partial charge in [-0.3, -0.25) is 29.4 Å². The molecule has 5 aromatic rings. The summed E-state index contributed by atoms with van der Waals surface area (Å²) < 4.78 is 12.8. The number of nitro benzene ring substituents is 1. The van der Waals surface area contributed by atoms with Crippen molar-refractivity contribution >= 4 is 53.7 Å². The second-order valence-corrected chi connectivity index (χ2v) is 24.3. The molecule has 5 atom stereocenters. The molecule has 14 nitrogen and oxygen atoms in total. The van der Waals surface area contributed by atoms with Crippen LogP contribution in [0.4, 0.5) is 22.7 Å². The van der Waals surface area contributed by atoms with Gasteiger partial charge in [0.1, 0.15) is 11.3 Å². The molecule has 2 spiro atoms. The molecule has 0 aliphatic carbocycles. The van der Waals surface area contributed by atoms with E-state index in [0.717, 1.165) is 46.3 Å². The highest BCUT2D eigenvalue weighted by molar-refractivity contribution is 6.91. The van der Waals surface area contributed by atoms with E-state index in [1.54, 1.807) is 23.0 Å². The number of piperidine rings is 1. The zero-order valence-electron chi connectivity index (χ0n) is 39.0. The van der Waals surface area contributed by atoms with Gasteiger partial charge >= 0.3 is 0 Å². The quantitative estimate of drug-likeness (QED) is 0.0837. The number of anilines is 3. The Hall–Kier alpha value is -6.39. The highest BCUT2D eigenvalue weighted by atomic mass is 28.3. The van der Waals surface area contributed by atoms with Gasteiger partial charge in [0.05, 0.1) is 64.2 Å². The first-order chi connectivity index (χ1) is 32.8. The van der Waals surface area contributed by atoms with Crippen LogP contribution in [0, 0.1) is 16.0 Å². The lowest BCUT2D eigenvalue weighted by Crippen LogP contribution is -2.55. The number of ether oxygens (including phenoxy) is 2. The molecule has 5 aromatic carbocycles. The van der Waals surface area contributed by atoms with Gasteiger partial charge < -0.3 is 34.6 Å². The van der Waals surface area contributed by atoms with Gasteiger partial charge in [0, 0.05) is 41.5 Å². The van der Waals surface area contributed by atoms with Crippen molar-refractivity contribution in [3.8, 4) is 5.75 Å². The number of benzene rings is 5. The van der Waals surface area contributed by atoms with Crippen LogP contribution in [-0.2, 0) is 44.2 Å². The molecular formula is C53H58N6O8Si. The van der Waals surface area contributed by atoms with Gasteiger partial charge in [-0.2, -0.15) is 0 Å². The Balaban J connectivity index is 0.992. The monoisotopic (exact) mass is 934 g/mol. The zero-order valence-corrected chi connectivity index (χ0v) is 40.0. The van der Waals surface area contributed by atoms with Gasteiger partial charge in [0.15, 0.2) is 5.60 Å². The summed E-state index contributed by atoms with van der Waals surface area (Å²) >= 11 is 0. The average Bonchev–Trinajstić information content (AvgIpc) is 3.91. The number of fused-ring (bicyclic) bond motifs is 3. The van der Waals surface area contributed by atoms with Crippen LogP contribution in [0.3, 0.4) is 0 Å². The van der Waals surface area contributed by atoms with Crippen molar-refractivity contribution in [2.45, 2.75) is 87.6 Å². The van der Waals surface area contributed by atoms with E-state index in [1.165, 1.54) is 12.1 Å². The van der Waals surface area contributed by atoms with E-state index in [0.29, 0.717) is 49.5 Å². The smallest absolute Gasteiger partial charge is 0.269 e. The van der Waals surface area contributed by atoms with Gasteiger partial charge in [-0.05, 0) is 97.0 Å². The van der Waals surface area contributed by atoms with Crippen molar-refractivity contribution in [1.29, 1.82) is 0 Å². The molecule has 3 amide bonds. The third-order valence-corrected chi connectivity index (χ3v) is 20.2. The minimum Gasteiger partial charge on any atom is -0.497 e. The number of carbonyl (C=O) groups is 3. The lowest BCUT2D eigenvalue weighted by atomic mass is 9.82. The molecule has 5 heterocycles. The molecule has 15 heteroatoms. The first-order valence-corrected chi connectivity index (χ1v) is 26.7. The Kier molecular flexibility index (Phi) is 11.7. The van der Waals surface area contributed by atoms with E-state index in [4.69, 9.17) is 9.47 Å². The molecule has 5 aliphatic rings. The first kappa shape index (κ1) is 45.4. The fraction of sp³-hybridized carbons (Fsp3) is 0.377. The minimum atomic E-state index is -2.69. The Morgan fingerprint density at radius 3 is 2.26 bits per heavy atom. The molecule has 0 bridgehead atoms. The SMILES string of the molecule is COc1ccc([Si](C)(C)[C@@H]2[C@@H](CC(=O)N3Cc4ccccc4C[C@H]3CO)O[C@]3(C(=O)N(Cc4ccc(N5CN(c6ccccc6)C6(CCNCC6)C5=O)cc4)c4ccc([N+](=O)[O-])cc43)[C@H]2C)cc1. The van der Waals surface area contributed by atoms with E-state index in [-0.39, 0.29) is 48.5 Å². The van der Waals surface area contributed by atoms with Crippen LogP contribution in [0.15, 0.2) is 121 Å². The van der Waals surface area contributed by atoms with Gasteiger partial charge in [-0.25, -0.2) is 0 Å². The molecular weight excluding hydrogens is 877 g/mol. The van der Waals surface area contributed by atoms with Crippen molar-refractivity contribution in [2.24, 2.45) is 5.92 Å². The summed E-state index contributed by atoms with van der Waals surface area (Å²) in [5, 5.41) is 27.5. The Morgan fingerprint density at radius 2 is 1.59 bits per heavy atom. The molecule has 0 unspecified atom stereocenters. The average molecular weight is 935 g/mol. The molecule has 3 fully saturated rings. The van der Waals surface area contributed by atoms with Crippen molar-refractivity contribution in [3.63, 3.8) is 0 Å². The van der Waals surface area contributed by atoms with Crippen LogP contribution < -0.4 is 29.9 Å². The van der Waals surface area contributed by atoms with Crippen LogP contribution in [0.2, 0.25) is 18.6 Å². The summed E-state index contributed by atoms with van der Waals surface area (Å²) in [6.45, 7) is 8.64. The number of nitrogens with one attached hydrogen (secondary N) is 1. The van der Waals surface area contributed by atoms with Crippen LogP contribution in [0.1, 0.15) is 48.4 Å². The topological polar surface area (TPSA) is 158 Å². The van der Waals surface area contributed by atoms with Crippen molar-refractivity contribution in [1.82, 2.24) is 10.2 Å². The molecule has 0 radical (unpaired) electrons. The van der Waals surface area contributed by atoms with Crippen LogP contribution >= 0.6 is 0 Å². The number of carbonyl (C=O) groups excluding carboxylic acids is 3. The summed E-state index contributed by atoms with van der Waals surface area (Å²) in [6, 6.07) is 37.8. The van der Waals surface area contributed by atoms with E-state index in [1.807, 2.05) is 90.7 Å². The Labute approximate surface area is 397 Å². The van der Waals surface area contributed by atoms with Crippen LogP contribution in [0.25, 0.3) is 0 Å². The van der Waals surface area contributed by atoms with Gasteiger partial charge in [-0.15, -0.1) is 0 Å². The molecule has 2 N–H and O–H groups in total. The standard InChI is InChI=1S/C53H58N6O8Si/c1-35-49(68(3,4)44-21-19-43(66-2)20-22-44)47(30-48(61)55-32-38-11-9-8-10-37(38)28-42(55)33-60)67-53(35)45-29-41(59(64)65)18-23-46(45)56(51(53)63)31-36-14-16-39(17-15-36)57-34-58(40-12-6-5-7-13-40)52(50(57)62)24-26-54-27-25-52/h5-23,29,35,42,47,49,54,60H,24-28,30-34H2,1-4H3/t35-,42-,47+,49-,53+/m0/s1. The van der Waals surface area contributed by atoms with Gasteiger partial charge in [0.2, 0.25) is 5.91 Å². The third kappa shape index (κ3) is 7.38. The minimum absolute atomic E-state index is 0.0459. The molecule has 3 saturated heterocycles. The van der Waals surface area contributed by atoms with Crippen molar-refractivity contribution in [2.75, 3.05) is 48.2 Å². The molecule has 10 rings (SSSR count). The first-order valence-electron chi connectivity index (χ1n) is 23.7. The fourth-order valence-corrected chi connectivity index (χ4v) is 16.2. The summed E-state index contributed by atoms with van der Waals surface area (Å²) in [7, 11) is -1.07. The maximum absolute atomic E-state index is 15.6.